The Balaban J connectivity index is 0.00000213. The molecule has 0 heterocycles. The molecule has 11 rings (SSSR count). The van der Waals surface area contributed by atoms with E-state index in [0.717, 1.165) is 54.9 Å². The van der Waals surface area contributed by atoms with E-state index in [1.165, 1.54) is 37.9 Å². The van der Waals surface area contributed by atoms with Crippen molar-refractivity contribution in [3.8, 4) is 73.3 Å². The zero-order valence-corrected chi connectivity index (χ0v) is 33.2. The van der Waals surface area contributed by atoms with Gasteiger partial charge in [0.25, 0.3) is 0 Å². The largest absolute Gasteiger partial charge is 0.504 e. The van der Waals surface area contributed by atoms with Crippen LogP contribution in [0, 0.1) is 6.92 Å². The van der Waals surface area contributed by atoms with Gasteiger partial charge < -0.3 is 25.5 Å². The molecule has 0 fully saturated rings. The number of aryl methyl sites for hydroxylation is 1. The van der Waals surface area contributed by atoms with Gasteiger partial charge in [-0.15, -0.1) is 0 Å². The standard InChI is InChI=1S/C53H34O5.C2H6/c1-28-25-32-18-17-30-19-22-37(41-24-21-33(26-28)44(32)45(30)41)35-13-7-15-36-34(35)14-8-16-38(36)46-39-11-5-6-12-40(39)47(48-49(54)51(56)53(58)52(57)50(48)55)43-27-31(20-23-42(43)46)29-9-3-2-4-10-29;1-2/h2-27,54-58H,1H3;1-2H3. The van der Waals surface area contributed by atoms with Gasteiger partial charge in [-0.1, -0.05) is 166 Å². The molecule has 5 nitrogen and oxygen atoms in total. The summed E-state index contributed by atoms with van der Waals surface area (Å²) < 4.78 is 0. The third kappa shape index (κ3) is 5.33. The van der Waals surface area contributed by atoms with Crippen molar-refractivity contribution in [3.63, 3.8) is 0 Å². The van der Waals surface area contributed by atoms with Crippen LogP contribution in [-0.4, -0.2) is 25.5 Å². The van der Waals surface area contributed by atoms with Gasteiger partial charge in [-0.2, -0.15) is 0 Å². The van der Waals surface area contributed by atoms with Crippen molar-refractivity contribution in [2.24, 2.45) is 0 Å². The molecule has 0 saturated carbocycles. The van der Waals surface area contributed by atoms with Crippen LogP contribution in [-0.2, 0) is 0 Å². The second-order valence-electron chi connectivity index (χ2n) is 15.2. The van der Waals surface area contributed by atoms with E-state index in [1.54, 1.807) is 0 Å². The zero-order valence-electron chi connectivity index (χ0n) is 33.2. The summed E-state index contributed by atoms with van der Waals surface area (Å²) >= 11 is 0. The van der Waals surface area contributed by atoms with E-state index in [4.69, 9.17) is 0 Å². The van der Waals surface area contributed by atoms with Crippen LogP contribution in [0.25, 0.3) is 109 Å². The smallest absolute Gasteiger partial charge is 0.208 e. The fourth-order valence-corrected chi connectivity index (χ4v) is 9.44. The molecule has 11 aromatic rings. The van der Waals surface area contributed by atoms with Crippen molar-refractivity contribution in [2.45, 2.75) is 20.8 Å². The Bertz CT molecular complexity index is 3470. The van der Waals surface area contributed by atoms with Gasteiger partial charge in [-0.25, -0.2) is 0 Å². The SMILES string of the molecule is CC.Cc1cc2ccc3ccc(-c4cccc5c(-c6c7ccccc7c(-c7c(O)c(O)c(O)c(O)c7O)c7cc(-c8ccccc8)ccc67)cccc45)c4ccc(c1)c2c34. The number of fused-ring (bicyclic) bond motifs is 3. The first-order chi connectivity index (χ1) is 29.3. The van der Waals surface area contributed by atoms with Crippen LogP contribution in [0.5, 0.6) is 28.7 Å². The Morgan fingerprint density at radius 2 is 0.800 bits per heavy atom. The van der Waals surface area contributed by atoms with Gasteiger partial charge in [0.05, 0.1) is 5.56 Å². The molecule has 5 heteroatoms. The van der Waals surface area contributed by atoms with Gasteiger partial charge in [-0.05, 0) is 117 Å². The normalized spacial score (nSPS) is 11.6. The third-order valence-corrected chi connectivity index (χ3v) is 12.0. The Labute approximate surface area is 346 Å². The molecule has 5 N–H and O–H groups in total. The lowest BCUT2D eigenvalue weighted by Gasteiger charge is -2.22. The van der Waals surface area contributed by atoms with Gasteiger partial charge in [0, 0.05) is 5.56 Å². The highest BCUT2D eigenvalue weighted by Gasteiger charge is 2.28. The summed E-state index contributed by atoms with van der Waals surface area (Å²) in [6.07, 6.45) is 0. The van der Waals surface area contributed by atoms with Gasteiger partial charge >= 0.3 is 0 Å². The molecule has 0 unspecified atom stereocenters. The first-order valence-corrected chi connectivity index (χ1v) is 20.2. The summed E-state index contributed by atoms with van der Waals surface area (Å²) in [6.45, 7) is 6.15. The minimum Gasteiger partial charge on any atom is -0.504 e. The summed E-state index contributed by atoms with van der Waals surface area (Å²) in [4.78, 5) is 0. The molecule has 0 radical (unpaired) electrons. The van der Waals surface area contributed by atoms with E-state index >= 15 is 0 Å². The molecule has 0 bridgehead atoms. The molecule has 290 valence electrons. The average molecular weight is 781 g/mol. The molecular formula is C55H40O5. The van der Waals surface area contributed by atoms with E-state index in [1.807, 2.05) is 74.5 Å². The lowest BCUT2D eigenvalue weighted by molar-refractivity contribution is 0.330. The van der Waals surface area contributed by atoms with E-state index in [0.29, 0.717) is 16.3 Å². The monoisotopic (exact) mass is 780 g/mol. The van der Waals surface area contributed by atoms with Crippen molar-refractivity contribution >= 4 is 64.6 Å². The second-order valence-corrected chi connectivity index (χ2v) is 15.2. The molecule has 0 aliphatic rings. The van der Waals surface area contributed by atoms with Crippen LogP contribution in [0.4, 0.5) is 0 Å². The lowest BCUT2D eigenvalue weighted by Crippen LogP contribution is -1.94. The van der Waals surface area contributed by atoms with Crippen LogP contribution in [0.15, 0.2) is 158 Å². The van der Waals surface area contributed by atoms with Gasteiger partial charge in [0.1, 0.15) is 0 Å². The first-order valence-electron chi connectivity index (χ1n) is 20.2. The predicted molar refractivity (Wildman–Crippen MR) is 249 cm³/mol. The highest BCUT2D eigenvalue weighted by atomic mass is 16.4. The number of phenolic OH excluding ortho intramolecular Hbond substituents is 5. The maximum absolute atomic E-state index is 11.4. The highest BCUT2D eigenvalue weighted by molar-refractivity contribution is 6.28. The topological polar surface area (TPSA) is 101 Å². The predicted octanol–water partition coefficient (Wildman–Crippen LogP) is 14.6. The third-order valence-electron chi connectivity index (χ3n) is 12.0. The Kier molecular flexibility index (Phi) is 8.51. The van der Waals surface area contributed by atoms with Crippen molar-refractivity contribution in [1.29, 1.82) is 0 Å². The maximum Gasteiger partial charge on any atom is 0.208 e. The molecule has 0 spiro atoms. The fraction of sp³-hybridized carbons (Fsp3) is 0.0545. The number of hydrogen-bond acceptors (Lipinski definition) is 5. The van der Waals surface area contributed by atoms with Crippen molar-refractivity contribution < 1.29 is 25.5 Å². The van der Waals surface area contributed by atoms with Crippen LogP contribution in [0.1, 0.15) is 19.4 Å². The first kappa shape index (κ1) is 36.6. The molecule has 0 aliphatic heterocycles. The van der Waals surface area contributed by atoms with Crippen molar-refractivity contribution in [2.75, 3.05) is 0 Å². The van der Waals surface area contributed by atoms with E-state index in [-0.39, 0.29) is 5.56 Å². The Morgan fingerprint density at radius 3 is 1.50 bits per heavy atom. The number of aromatic hydroxyl groups is 5. The van der Waals surface area contributed by atoms with E-state index < -0.39 is 28.7 Å². The molecule has 0 aliphatic carbocycles. The zero-order chi connectivity index (χ0) is 41.4. The van der Waals surface area contributed by atoms with Crippen LogP contribution in [0.3, 0.4) is 0 Å². The average Bonchev–Trinajstić information content (AvgIpc) is 3.29. The summed E-state index contributed by atoms with van der Waals surface area (Å²) in [5, 5.41) is 67.3. The molecular weight excluding hydrogens is 741 g/mol. The highest BCUT2D eigenvalue weighted by Crippen LogP contribution is 2.58. The summed E-state index contributed by atoms with van der Waals surface area (Å²) in [5.74, 6) is -4.32. The lowest BCUT2D eigenvalue weighted by atomic mass is 9.82. The van der Waals surface area contributed by atoms with Gasteiger partial charge in [-0.3, -0.25) is 0 Å². The molecule has 0 saturated heterocycles. The quantitative estimate of drug-likeness (QED) is 0.0530. The molecule has 0 aromatic heterocycles. The summed E-state index contributed by atoms with van der Waals surface area (Å²) in [6, 6.07) is 54.6. The Morgan fingerprint density at radius 1 is 0.300 bits per heavy atom. The number of phenols is 5. The maximum atomic E-state index is 11.4. The number of hydrogen-bond donors (Lipinski definition) is 5. The fourth-order valence-electron chi connectivity index (χ4n) is 9.44. The Hall–Kier alpha value is -7.76. The van der Waals surface area contributed by atoms with Crippen molar-refractivity contribution in [3.05, 3.63) is 163 Å². The second kappa shape index (κ2) is 14.0. The summed E-state index contributed by atoms with van der Waals surface area (Å²) in [5.41, 5.74) is 7.54. The molecule has 11 aromatic carbocycles. The van der Waals surface area contributed by atoms with Gasteiger partial charge in [0.15, 0.2) is 11.5 Å². The van der Waals surface area contributed by atoms with Crippen LogP contribution >= 0.6 is 0 Å². The van der Waals surface area contributed by atoms with Crippen LogP contribution in [0.2, 0.25) is 0 Å². The minimum absolute atomic E-state index is 0.185. The summed E-state index contributed by atoms with van der Waals surface area (Å²) in [7, 11) is 0. The minimum atomic E-state index is -1.000. The molecule has 60 heavy (non-hydrogen) atoms. The van der Waals surface area contributed by atoms with E-state index in [2.05, 4.69) is 104 Å². The number of rotatable bonds is 4. The van der Waals surface area contributed by atoms with Gasteiger partial charge in [0.2, 0.25) is 17.2 Å². The van der Waals surface area contributed by atoms with Crippen molar-refractivity contribution in [1.82, 2.24) is 0 Å². The van der Waals surface area contributed by atoms with Crippen LogP contribution < -0.4 is 0 Å². The van der Waals surface area contributed by atoms with E-state index in [9.17, 15) is 25.5 Å². The number of benzene rings is 11. The molecule has 0 atom stereocenters. The molecule has 0 amide bonds.